The molecule has 10 heteroatoms. The van der Waals surface area contributed by atoms with Gasteiger partial charge in [0.15, 0.2) is 6.10 Å². The summed E-state index contributed by atoms with van der Waals surface area (Å²) in [6.07, 6.45) is 4.21. The average Bonchev–Trinajstić information content (AvgIpc) is 3.65. The van der Waals surface area contributed by atoms with Crippen molar-refractivity contribution >= 4 is 23.9 Å². The normalized spacial score (nSPS) is 39.4. The first kappa shape index (κ1) is 36.1. The molecule has 0 spiro atoms. The number of furan rings is 1. The van der Waals surface area contributed by atoms with Crippen LogP contribution in [0.4, 0.5) is 0 Å². The molecule has 0 unspecified atom stereocenters. The van der Waals surface area contributed by atoms with Gasteiger partial charge in [-0.3, -0.25) is 14.4 Å². The lowest BCUT2D eigenvalue weighted by Gasteiger charge is -2.70. The summed E-state index contributed by atoms with van der Waals surface area (Å²) < 4.78 is 30.4. The van der Waals surface area contributed by atoms with Gasteiger partial charge in [0, 0.05) is 54.8 Å². The van der Waals surface area contributed by atoms with Gasteiger partial charge in [-0.1, -0.05) is 66.5 Å². The molecule has 1 aromatic heterocycles. The van der Waals surface area contributed by atoms with Crippen molar-refractivity contribution in [3.8, 4) is 0 Å². The summed E-state index contributed by atoms with van der Waals surface area (Å²) in [4.78, 5) is 51.7. The predicted octanol–water partition coefficient (Wildman–Crippen LogP) is 6.30. The summed E-state index contributed by atoms with van der Waals surface area (Å²) in [5.74, 6) is -2.88. The zero-order valence-electron chi connectivity index (χ0n) is 30.2. The second-order valence-corrected chi connectivity index (χ2v) is 16.1. The van der Waals surface area contributed by atoms with Crippen LogP contribution in [0.25, 0.3) is 0 Å². The number of carbonyl (C=O) groups is 4. The number of hydrogen-bond acceptors (Lipinski definition) is 10. The highest BCUT2D eigenvalue weighted by Crippen LogP contribution is 2.74. The van der Waals surface area contributed by atoms with Crippen LogP contribution in [0.15, 0.2) is 34.7 Å². The van der Waals surface area contributed by atoms with Crippen LogP contribution in [-0.4, -0.2) is 59.5 Å². The SMILES string of the molecule is CC[C@@H](C)[C@@H](O)C(=O)O[C@H]1C[C@H]2C(C)(C)[C@H](OC(C)=O)C[C@H](OC(C)=O)[C@]2(C)[C@@H]2C[C@@H](OC(C)=O)[C@]3(C)C(=CC[C@@H]3c3ccoc3)[C@]12C. The fourth-order valence-electron chi connectivity index (χ4n) is 10.7. The molecule has 48 heavy (non-hydrogen) atoms. The standard InChI is InChI=1S/C38H54O10/c1-11-20(2)33(42)34(43)48-31-16-27-35(6,7)29(45-21(3)39)18-32(47-23(5)41)38(27,10)28-17-30(46-22(4)40)36(8)25(24-14-15-44-19-24)12-13-26(36)37(28,31)9/h13-15,19-20,25,27-33,42H,11-12,16-18H2,1-10H3/t20-,25-,27+,28-,29-,30-,31+,32+,33-,36+,37+,38+/m1/s1. The zero-order valence-corrected chi connectivity index (χ0v) is 30.2. The van der Waals surface area contributed by atoms with Gasteiger partial charge < -0.3 is 28.5 Å². The van der Waals surface area contributed by atoms with Crippen molar-refractivity contribution < 1.29 is 47.6 Å². The highest BCUT2D eigenvalue weighted by Gasteiger charge is 2.74. The van der Waals surface area contributed by atoms with Crippen LogP contribution in [-0.2, 0) is 38.1 Å². The van der Waals surface area contributed by atoms with Gasteiger partial charge in [0.05, 0.1) is 12.5 Å². The van der Waals surface area contributed by atoms with Gasteiger partial charge in [-0.05, 0) is 48.6 Å². The fourth-order valence-corrected chi connectivity index (χ4v) is 10.7. The molecule has 1 N–H and O–H groups in total. The van der Waals surface area contributed by atoms with Crippen molar-refractivity contribution in [2.24, 2.45) is 39.4 Å². The zero-order chi connectivity index (χ0) is 35.6. The van der Waals surface area contributed by atoms with E-state index in [9.17, 15) is 24.3 Å². The Balaban J connectivity index is 1.73. The van der Waals surface area contributed by atoms with E-state index >= 15 is 0 Å². The molecule has 12 atom stereocenters. The molecule has 4 aliphatic carbocycles. The van der Waals surface area contributed by atoms with Crippen molar-refractivity contribution in [1.82, 2.24) is 0 Å². The van der Waals surface area contributed by atoms with Gasteiger partial charge in [0.1, 0.15) is 24.4 Å². The minimum atomic E-state index is -1.30. The molecule has 3 fully saturated rings. The number of aliphatic hydroxyl groups excluding tert-OH is 1. The smallest absolute Gasteiger partial charge is 0.335 e. The summed E-state index contributed by atoms with van der Waals surface area (Å²) in [7, 11) is 0. The molecule has 0 saturated heterocycles. The van der Waals surface area contributed by atoms with Crippen LogP contribution >= 0.6 is 0 Å². The van der Waals surface area contributed by atoms with E-state index in [1.807, 2.05) is 19.9 Å². The summed E-state index contributed by atoms with van der Waals surface area (Å²) in [6, 6.07) is 1.94. The monoisotopic (exact) mass is 670 g/mol. The van der Waals surface area contributed by atoms with Crippen LogP contribution < -0.4 is 0 Å². The minimum Gasteiger partial charge on any atom is -0.472 e. The molecule has 0 aromatic carbocycles. The minimum absolute atomic E-state index is 0.0682. The van der Waals surface area contributed by atoms with E-state index in [0.29, 0.717) is 32.1 Å². The topological polar surface area (TPSA) is 139 Å². The van der Waals surface area contributed by atoms with E-state index in [-0.39, 0.29) is 23.7 Å². The van der Waals surface area contributed by atoms with Crippen LogP contribution in [0.1, 0.15) is 113 Å². The first-order chi connectivity index (χ1) is 22.3. The lowest BCUT2D eigenvalue weighted by molar-refractivity contribution is -0.270. The molecule has 3 saturated carbocycles. The average molecular weight is 671 g/mol. The van der Waals surface area contributed by atoms with Crippen molar-refractivity contribution in [2.75, 3.05) is 0 Å². The number of allylic oxidation sites excluding steroid dienone is 1. The molecular formula is C38H54O10. The van der Waals surface area contributed by atoms with E-state index in [1.165, 1.54) is 20.8 Å². The Bertz CT molecular complexity index is 1440. The molecular weight excluding hydrogens is 616 g/mol. The molecule has 1 aromatic rings. The third-order valence-corrected chi connectivity index (χ3v) is 13.3. The van der Waals surface area contributed by atoms with E-state index in [4.69, 9.17) is 23.4 Å². The Kier molecular flexibility index (Phi) is 9.51. The first-order valence-corrected chi connectivity index (χ1v) is 17.5. The van der Waals surface area contributed by atoms with Crippen LogP contribution in [0.5, 0.6) is 0 Å². The second-order valence-electron chi connectivity index (χ2n) is 16.1. The molecule has 1 heterocycles. The van der Waals surface area contributed by atoms with E-state index in [1.54, 1.807) is 12.5 Å². The van der Waals surface area contributed by atoms with Gasteiger partial charge in [0.2, 0.25) is 0 Å². The van der Waals surface area contributed by atoms with E-state index in [0.717, 1.165) is 11.1 Å². The van der Waals surface area contributed by atoms with Crippen LogP contribution in [0, 0.1) is 39.4 Å². The largest absolute Gasteiger partial charge is 0.472 e. The second kappa shape index (κ2) is 12.6. The summed E-state index contributed by atoms with van der Waals surface area (Å²) in [5.41, 5.74) is -0.800. The number of aliphatic hydroxyl groups is 1. The molecule has 4 aliphatic rings. The molecule has 266 valence electrons. The summed E-state index contributed by atoms with van der Waals surface area (Å²) >= 11 is 0. The Morgan fingerprint density at radius 2 is 1.40 bits per heavy atom. The predicted molar refractivity (Wildman–Crippen MR) is 175 cm³/mol. The number of fused-ring (bicyclic) bond motifs is 5. The van der Waals surface area contributed by atoms with Gasteiger partial charge >= 0.3 is 23.9 Å². The van der Waals surface area contributed by atoms with Gasteiger partial charge in [-0.2, -0.15) is 0 Å². The summed E-state index contributed by atoms with van der Waals surface area (Å²) in [6.45, 7) is 18.4. The first-order valence-electron chi connectivity index (χ1n) is 17.5. The molecule has 10 nitrogen and oxygen atoms in total. The fraction of sp³-hybridized carbons (Fsp3) is 0.737. The Labute approximate surface area is 284 Å². The number of ether oxygens (including phenoxy) is 4. The van der Waals surface area contributed by atoms with Gasteiger partial charge in [-0.15, -0.1) is 0 Å². The highest BCUT2D eigenvalue weighted by molar-refractivity contribution is 5.75. The highest BCUT2D eigenvalue weighted by atomic mass is 16.6. The lowest BCUT2D eigenvalue weighted by Crippen LogP contribution is -2.72. The van der Waals surface area contributed by atoms with Crippen molar-refractivity contribution in [1.29, 1.82) is 0 Å². The summed E-state index contributed by atoms with van der Waals surface area (Å²) in [5, 5.41) is 11.0. The molecule has 0 radical (unpaired) electrons. The van der Waals surface area contributed by atoms with E-state index in [2.05, 4.69) is 40.7 Å². The lowest BCUT2D eigenvalue weighted by atomic mass is 9.36. The van der Waals surface area contributed by atoms with Crippen LogP contribution in [0.2, 0.25) is 0 Å². The van der Waals surface area contributed by atoms with Crippen LogP contribution in [0.3, 0.4) is 0 Å². The molecule has 0 aliphatic heterocycles. The number of carbonyl (C=O) groups excluding carboxylic acids is 4. The quantitative estimate of drug-likeness (QED) is 0.191. The molecule has 0 amide bonds. The Morgan fingerprint density at radius 1 is 0.833 bits per heavy atom. The Hall–Kier alpha value is -3.14. The maximum Gasteiger partial charge on any atom is 0.335 e. The van der Waals surface area contributed by atoms with Crippen molar-refractivity contribution in [3.63, 3.8) is 0 Å². The van der Waals surface area contributed by atoms with Gasteiger partial charge in [0.25, 0.3) is 0 Å². The third-order valence-electron chi connectivity index (χ3n) is 13.3. The Morgan fingerprint density at radius 3 is 1.96 bits per heavy atom. The third kappa shape index (κ3) is 5.50. The van der Waals surface area contributed by atoms with Crippen molar-refractivity contribution in [3.05, 3.63) is 35.8 Å². The van der Waals surface area contributed by atoms with Gasteiger partial charge in [-0.25, -0.2) is 4.79 Å². The number of esters is 4. The maximum atomic E-state index is 13.8. The molecule has 0 bridgehead atoms. The van der Waals surface area contributed by atoms with Crippen molar-refractivity contribution in [2.45, 2.75) is 138 Å². The molecule has 5 rings (SSSR count). The van der Waals surface area contributed by atoms with E-state index < -0.39 is 76.1 Å². The maximum absolute atomic E-state index is 13.8. The number of hydrogen-bond donors (Lipinski definition) is 1. The number of rotatable bonds is 8.